The zero-order valence-corrected chi connectivity index (χ0v) is 13.7. The van der Waals surface area contributed by atoms with Crippen LogP contribution in [-0.2, 0) is 4.74 Å². The maximum Gasteiger partial charge on any atom is 0.407 e. The second kappa shape index (κ2) is 6.92. The molecule has 6 heteroatoms. The first-order chi connectivity index (χ1) is 9.17. The molecule has 0 saturated heterocycles. The van der Waals surface area contributed by atoms with Gasteiger partial charge >= 0.3 is 6.09 Å². The van der Waals surface area contributed by atoms with Crippen molar-refractivity contribution in [2.75, 3.05) is 11.9 Å². The molecule has 112 valence electrons. The topological polar surface area (TPSA) is 50.4 Å². The van der Waals surface area contributed by atoms with Crippen molar-refractivity contribution in [1.82, 2.24) is 5.32 Å². The van der Waals surface area contributed by atoms with Gasteiger partial charge in [-0.2, -0.15) is 0 Å². The highest BCUT2D eigenvalue weighted by Gasteiger charge is 2.16. The average Bonchev–Trinajstić information content (AvgIpc) is 2.28. The zero-order valence-electron chi connectivity index (χ0n) is 12.1. The number of hydrogen-bond acceptors (Lipinski definition) is 3. The third-order valence-electron chi connectivity index (χ3n) is 2.28. The number of anilines is 1. The molecule has 2 N–H and O–H groups in total. The van der Waals surface area contributed by atoms with Crippen molar-refractivity contribution < 1.29 is 13.9 Å². The number of rotatable bonds is 4. The first-order valence-electron chi connectivity index (χ1n) is 6.36. The Balaban J connectivity index is 2.44. The number of carbonyl (C=O) groups excluding carboxylic acids is 1. The Hall–Kier alpha value is -1.30. The number of alkyl carbamates (subject to hydrolysis) is 1. The maximum absolute atomic E-state index is 13.0. The van der Waals surface area contributed by atoms with Crippen LogP contribution in [0.3, 0.4) is 0 Å². The van der Waals surface area contributed by atoms with Gasteiger partial charge in [0.2, 0.25) is 0 Å². The fraction of sp³-hybridized carbons (Fsp3) is 0.500. The Morgan fingerprint density at radius 2 is 2.10 bits per heavy atom. The predicted octanol–water partition coefficient (Wildman–Crippen LogP) is 3.91. The molecule has 1 aromatic carbocycles. The number of benzene rings is 1. The molecule has 1 atom stereocenters. The van der Waals surface area contributed by atoms with Crippen LogP contribution in [0.4, 0.5) is 14.9 Å². The molecule has 1 unspecified atom stereocenters. The Morgan fingerprint density at radius 3 is 2.65 bits per heavy atom. The standard InChI is InChI=1S/C14H20BrFN2O2/c1-9(8-17-13(19)20-14(2,3)4)18-12-6-5-10(16)7-11(12)15/h5-7,9,18H,8H2,1-4H3,(H,17,19). The molecule has 0 aromatic heterocycles. The van der Waals surface area contributed by atoms with Gasteiger partial charge < -0.3 is 15.4 Å². The minimum Gasteiger partial charge on any atom is -0.444 e. The normalized spacial score (nSPS) is 12.7. The number of hydrogen-bond donors (Lipinski definition) is 2. The highest BCUT2D eigenvalue weighted by molar-refractivity contribution is 9.10. The van der Waals surface area contributed by atoms with Crippen LogP contribution < -0.4 is 10.6 Å². The van der Waals surface area contributed by atoms with Crippen molar-refractivity contribution in [1.29, 1.82) is 0 Å². The minimum absolute atomic E-state index is 0.0238. The van der Waals surface area contributed by atoms with Crippen LogP contribution in [-0.4, -0.2) is 24.3 Å². The summed E-state index contributed by atoms with van der Waals surface area (Å²) in [6, 6.07) is 4.38. The second-order valence-electron chi connectivity index (χ2n) is 5.55. The first-order valence-corrected chi connectivity index (χ1v) is 7.15. The smallest absolute Gasteiger partial charge is 0.407 e. The van der Waals surface area contributed by atoms with Crippen LogP contribution in [0.15, 0.2) is 22.7 Å². The van der Waals surface area contributed by atoms with E-state index < -0.39 is 11.7 Å². The maximum atomic E-state index is 13.0. The molecule has 0 aliphatic rings. The van der Waals surface area contributed by atoms with Gasteiger partial charge in [-0.25, -0.2) is 9.18 Å². The quantitative estimate of drug-likeness (QED) is 0.868. The van der Waals surface area contributed by atoms with Crippen LogP contribution in [0.25, 0.3) is 0 Å². The van der Waals surface area contributed by atoms with Crippen molar-refractivity contribution in [2.24, 2.45) is 0 Å². The highest BCUT2D eigenvalue weighted by atomic mass is 79.9. The molecule has 1 rings (SSSR count). The summed E-state index contributed by atoms with van der Waals surface area (Å²) in [5, 5.41) is 5.85. The largest absolute Gasteiger partial charge is 0.444 e. The molecule has 0 saturated carbocycles. The van der Waals surface area contributed by atoms with Gasteiger partial charge in [0.05, 0.1) is 0 Å². The van der Waals surface area contributed by atoms with Gasteiger partial charge in [-0.05, 0) is 61.8 Å². The average molecular weight is 347 g/mol. The molecule has 0 fully saturated rings. The van der Waals surface area contributed by atoms with E-state index in [9.17, 15) is 9.18 Å². The molecular formula is C14H20BrFN2O2. The predicted molar refractivity (Wildman–Crippen MR) is 81.4 cm³/mol. The molecule has 0 aliphatic carbocycles. The molecule has 0 bridgehead atoms. The van der Waals surface area contributed by atoms with E-state index in [1.165, 1.54) is 12.1 Å². The fourth-order valence-corrected chi connectivity index (χ4v) is 1.94. The summed E-state index contributed by atoms with van der Waals surface area (Å²) in [5.74, 6) is -0.304. The molecule has 0 spiro atoms. The lowest BCUT2D eigenvalue weighted by Crippen LogP contribution is -2.38. The van der Waals surface area contributed by atoms with Gasteiger partial charge in [0.25, 0.3) is 0 Å². The number of halogens is 2. The van der Waals surface area contributed by atoms with Crippen LogP contribution in [0.1, 0.15) is 27.7 Å². The van der Waals surface area contributed by atoms with E-state index >= 15 is 0 Å². The Kier molecular flexibility index (Phi) is 5.80. The lowest BCUT2D eigenvalue weighted by molar-refractivity contribution is 0.0526. The summed E-state index contributed by atoms with van der Waals surface area (Å²) in [6.45, 7) is 7.74. The van der Waals surface area contributed by atoms with E-state index in [1.807, 2.05) is 27.7 Å². The van der Waals surface area contributed by atoms with E-state index in [-0.39, 0.29) is 11.9 Å². The van der Waals surface area contributed by atoms with Crippen molar-refractivity contribution in [3.63, 3.8) is 0 Å². The van der Waals surface area contributed by atoms with Gasteiger partial charge in [-0.1, -0.05) is 0 Å². The van der Waals surface area contributed by atoms with E-state index in [1.54, 1.807) is 6.07 Å². The first kappa shape index (κ1) is 16.8. The minimum atomic E-state index is -0.513. The van der Waals surface area contributed by atoms with E-state index in [4.69, 9.17) is 4.74 Å². The van der Waals surface area contributed by atoms with E-state index in [0.29, 0.717) is 11.0 Å². The molecule has 0 aliphatic heterocycles. The lowest BCUT2D eigenvalue weighted by atomic mass is 10.2. The summed E-state index contributed by atoms with van der Waals surface area (Å²) in [7, 11) is 0. The number of ether oxygens (including phenoxy) is 1. The summed E-state index contributed by atoms with van der Waals surface area (Å²) in [6.07, 6.45) is -0.454. The molecule has 0 heterocycles. The summed E-state index contributed by atoms with van der Waals surface area (Å²) in [5.41, 5.74) is 0.255. The molecule has 1 amide bonds. The number of amides is 1. The van der Waals surface area contributed by atoms with Crippen LogP contribution in [0.5, 0.6) is 0 Å². The van der Waals surface area contributed by atoms with Crippen molar-refractivity contribution >= 4 is 27.7 Å². The Morgan fingerprint density at radius 1 is 1.45 bits per heavy atom. The lowest BCUT2D eigenvalue weighted by Gasteiger charge is -2.21. The summed E-state index contributed by atoms with van der Waals surface area (Å²) < 4.78 is 18.7. The molecule has 0 radical (unpaired) electrons. The monoisotopic (exact) mass is 346 g/mol. The van der Waals surface area contributed by atoms with Crippen LogP contribution in [0.2, 0.25) is 0 Å². The van der Waals surface area contributed by atoms with Gasteiger partial charge in [-0.3, -0.25) is 0 Å². The molecule has 20 heavy (non-hydrogen) atoms. The van der Waals surface area contributed by atoms with Gasteiger partial charge in [0.15, 0.2) is 0 Å². The van der Waals surface area contributed by atoms with Crippen molar-refractivity contribution in [2.45, 2.75) is 39.3 Å². The molecule has 4 nitrogen and oxygen atoms in total. The highest BCUT2D eigenvalue weighted by Crippen LogP contribution is 2.23. The number of nitrogens with one attached hydrogen (secondary N) is 2. The second-order valence-corrected chi connectivity index (χ2v) is 6.41. The zero-order chi connectivity index (χ0) is 15.3. The van der Waals surface area contributed by atoms with Crippen molar-refractivity contribution in [3.05, 3.63) is 28.5 Å². The Bertz CT molecular complexity index is 475. The third-order valence-corrected chi connectivity index (χ3v) is 2.94. The van der Waals surface area contributed by atoms with Crippen molar-refractivity contribution in [3.8, 4) is 0 Å². The van der Waals surface area contributed by atoms with E-state index in [2.05, 4.69) is 26.6 Å². The molecular weight excluding hydrogens is 327 g/mol. The summed E-state index contributed by atoms with van der Waals surface area (Å²) in [4.78, 5) is 11.5. The van der Waals surface area contributed by atoms with Crippen LogP contribution in [0, 0.1) is 5.82 Å². The summed E-state index contributed by atoms with van der Waals surface area (Å²) >= 11 is 3.28. The third kappa shape index (κ3) is 6.23. The van der Waals surface area contributed by atoms with Gasteiger partial charge in [0, 0.05) is 22.7 Å². The number of carbonyl (C=O) groups is 1. The van der Waals surface area contributed by atoms with Gasteiger partial charge in [-0.15, -0.1) is 0 Å². The fourth-order valence-electron chi connectivity index (χ4n) is 1.47. The molecule has 1 aromatic rings. The van der Waals surface area contributed by atoms with Crippen LogP contribution >= 0.6 is 15.9 Å². The van der Waals surface area contributed by atoms with Gasteiger partial charge in [0.1, 0.15) is 11.4 Å². The SMILES string of the molecule is CC(CNC(=O)OC(C)(C)C)Nc1ccc(F)cc1Br. The Labute approximate surface area is 127 Å². The van der Waals surface area contributed by atoms with E-state index in [0.717, 1.165) is 5.69 Å².